The van der Waals surface area contributed by atoms with Crippen LogP contribution in [0.4, 0.5) is 4.39 Å². The summed E-state index contributed by atoms with van der Waals surface area (Å²) in [5.41, 5.74) is 3.41. The maximum atomic E-state index is 13.0. The number of carbonyl (C=O) groups excluding carboxylic acids is 2. The highest BCUT2D eigenvalue weighted by Gasteiger charge is 2.25. The third kappa shape index (κ3) is 4.10. The van der Waals surface area contributed by atoms with Crippen molar-refractivity contribution in [3.05, 3.63) is 70.5 Å². The van der Waals surface area contributed by atoms with Crippen molar-refractivity contribution in [3.63, 3.8) is 0 Å². The first kappa shape index (κ1) is 18.1. The van der Waals surface area contributed by atoms with Crippen molar-refractivity contribution in [3.8, 4) is 0 Å². The lowest BCUT2D eigenvalue weighted by Gasteiger charge is -2.32. The first-order chi connectivity index (χ1) is 12.4. The molecule has 0 saturated carbocycles. The van der Waals surface area contributed by atoms with E-state index in [1.165, 1.54) is 24.3 Å². The maximum absolute atomic E-state index is 13.0. The number of carbonyl (C=O) groups is 2. The van der Waals surface area contributed by atoms with Gasteiger partial charge in [0.15, 0.2) is 0 Å². The summed E-state index contributed by atoms with van der Waals surface area (Å²) in [6.07, 6.45) is 1.42. The molecule has 2 amide bonds. The molecule has 1 saturated heterocycles. The topological polar surface area (TPSA) is 49.4 Å². The van der Waals surface area contributed by atoms with Gasteiger partial charge in [-0.2, -0.15) is 0 Å². The van der Waals surface area contributed by atoms with Crippen LogP contribution in [0.5, 0.6) is 0 Å². The Labute approximate surface area is 153 Å². The Balaban J connectivity index is 1.54. The zero-order valence-corrected chi connectivity index (χ0v) is 15.1. The second kappa shape index (κ2) is 7.68. The zero-order valence-electron chi connectivity index (χ0n) is 15.1. The molecule has 1 heterocycles. The Hall–Kier alpha value is -2.69. The highest BCUT2D eigenvalue weighted by Crippen LogP contribution is 2.16. The second-order valence-corrected chi connectivity index (χ2v) is 6.85. The quantitative estimate of drug-likeness (QED) is 0.917. The minimum Gasteiger partial charge on any atom is -0.349 e. The van der Waals surface area contributed by atoms with Gasteiger partial charge in [0.25, 0.3) is 11.8 Å². The van der Waals surface area contributed by atoms with E-state index in [2.05, 4.69) is 5.32 Å². The van der Waals surface area contributed by atoms with Crippen molar-refractivity contribution in [1.29, 1.82) is 0 Å². The van der Waals surface area contributed by atoms with Gasteiger partial charge in [0.2, 0.25) is 0 Å². The van der Waals surface area contributed by atoms with E-state index >= 15 is 0 Å². The van der Waals surface area contributed by atoms with Gasteiger partial charge in [0.1, 0.15) is 5.82 Å². The highest BCUT2D eigenvalue weighted by molar-refractivity contribution is 5.95. The number of benzene rings is 2. The molecule has 1 aliphatic heterocycles. The van der Waals surface area contributed by atoms with Crippen LogP contribution in [0.1, 0.15) is 44.7 Å². The fraction of sp³-hybridized carbons (Fsp3) is 0.333. The minimum atomic E-state index is -0.352. The molecular formula is C21H23FN2O2. The first-order valence-corrected chi connectivity index (χ1v) is 8.87. The van der Waals surface area contributed by atoms with E-state index in [9.17, 15) is 14.0 Å². The van der Waals surface area contributed by atoms with E-state index in [-0.39, 0.29) is 23.7 Å². The Bertz CT molecular complexity index is 809. The third-order valence-electron chi connectivity index (χ3n) is 4.98. The molecule has 2 aromatic carbocycles. The van der Waals surface area contributed by atoms with Crippen LogP contribution in [0.25, 0.3) is 0 Å². The average molecular weight is 354 g/mol. The SMILES string of the molecule is Cc1ccc(C(=O)NC2CCN(C(=O)c3ccc(F)cc3)CC2)cc1C. The Kier molecular flexibility index (Phi) is 5.35. The van der Waals surface area contributed by atoms with Crippen LogP contribution in [-0.4, -0.2) is 35.8 Å². The van der Waals surface area contributed by atoms with Crippen molar-refractivity contribution < 1.29 is 14.0 Å². The predicted octanol–water partition coefficient (Wildman–Crippen LogP) is 3.48. The Morgan fingerprint density at radius 2 is 1.58 bits per heavy atom. The number of piperidine rings is 1. The monoisotopic (exact) mass is 354 g/mol. The number of nitrogens with one attached hydrogen (secondary N) is 1. The predicted molar refractivity (Wildman–Crippen MR) is 98.7 cm³/mol. The molecule has 4 nitrogen and oxygen atoms in total. The van der Waals surface area contributed by atoms with E-state index in [1.807, 2.05) is 32.0 Å². The summed E-state index contributed by atoms with van der Waals surface area (Å²) >= 11 is 0. The molecular weight excluding hydrogens is 331 g/mol. The molecule has 0 bridgehead atoms. The number of nitrogens with zero attached hydrogens (tertiary/aromatic N) is 1. The fourth-order valence-corrected chi connectivity index (χ4v) is 3.15. The molecule has 0 unspecified atom stereocenters. The minimum absolute atomic E-state index is 0.0568. The van der Waals surface area contributed by atoms with Crippen molar-refractivity contribution in [2.45, 2.75) is 32.7 Å². The summed E-state index contributed by atoms with van der Waals surface area (Å²) in [5.74, 6) is -0.519. The van der Waals surface area contributed by atoms with Crippen molar-refractivity contribution in [2.75, 3.05) is 13.1 Å². The van der Waals surface area contributed by atoms with Crippen LogP contribution in [-0.2, 0) is 0 Å². The lowest BCUT2D eigenvalue weighted by atomic mass is 10.0. The molecule has 1 N–H and O–H groups in total. The van der Waals surface area contributed by atoms with Crippen LogP contribution in [0, 0.1) is 19.7 Å². The van der Waals surface area contributed by atoms with Gasteiger partial charge in [-0.3, -0.25) is 9.59 Å². The summed E-state index contributed by atoms with van der Waals surface area (Å²) in [6, 6.07) is 11.3. The molecule has 26 heavy (non-hydrogen) atoms. The second-order valence-electron chi connectivity index (χ2n) is 6.85. The number of rotatable bonds is 3. The zero-order chi connectivity index (χ0) is 18.7. The lowest BCUT2D eigenvalue weighted by molar-refractivity contribution is 0.0698. The van der Waals surface area contributed by atoms with E-state index in [1.54, 1.807) is 4.90 Å². The number of hydrogen-bond donors (Lipinski definition) is 1. The highest BCUT2D eigenvalue weighted by atomic mass is 19.1. The molecule has 136 valence electrons. The smallest absolute Gasteiger partial charge is 0.253 e. The molecule has 1 fully saturated rings. The maximum Gasteiger partial charge on any atom is 0.253 e. The molecule has 0 radical (unpaired) electrons. The number of aryl methyl sites for hydroxylation is 2. The van der Waals surface area contributed by atoms with Crippen LogP contribution in [0.2, 0.25) is 0 Å². The van der Waals surface area contributed by atoms with E-state index < -0.39 is 0 Å². The van der Waals surface area contributed by atoms with Crippen molar-refractivity contribution in [1.82, 2.24) is 10.2 Å². The fourth-order valence-electron chi connectivity index (χ4n) is 3.15. The van der Waals surface area contributed by atoms with Gasteiger partial charge in [0, 0.05) is 30.3 Å². The van der Waals surface area contributed by atoms with Crippen LogP contribution >= 0.6 is 0 Å². The molecule has 0 atom stereocenters. The first-order valence-electron chi connectivity index (χ1n) is 8.87. The normalized spacial score (nSPS) is 15.0. The number of halogens is 1. The Morgan fingerprint density at radius 3 is 2.19 bits per heavy atom. The Morgan fingerprint density at radius 1 is 0.962 bits per heavy atom. The summed E-state index contributed by atoms with van der Waals surface area (Å²) in [4.78, 5) is 26.6. The molecule has 0 aliphatic carbocycles. The van der Waals surface area contributed by atoms with E-state index in [4.69, 9.17) is 0 Å². The third-order valence-corrected chi connectivity index (χ3v) is 4.98. The summed E-state index contributed by atoms with van der Waals surface area (Å²) in [5, 5.41) is 3.06. The van der Waals surface area contributed by atoms with Gasteiger partial charge < -0.3 is 10.2 Å². The average Bonchev–Trinajstić information content (AvgIpc) is 2.64. The van der Waals surface area contributed by atoms with E-state index in [0.29, 0.717) is 37.1 Å². The number of hydrogen-bond acceptors (Lipinski definition) is 2. The number of amides is 2. The largest absolute Gasteiger partial charge is 0.349 e. The lowest BCUT2D eigenvalue weighted by Crippen LogP contribution is -2.46. The molecule has 1 aliphatic rings. The van der Waals surface area contributed by atoms with Gasteiger partial charge in [0.05, 0.1) is 0 Å². The van der Waals surface area contributed by atoms with Crippen LogP contribution in [0.15, 0.2) is 42.5 Å². The van der Waals surface area contributed by atoms with Gasteiger partial charge in [-0.1, -0.05) is 6.07 Å². The molecule has 0 aromatic heterocycles. The van der Waals surface area contributed by atoms with Gasteiger partial charge >= 0.3 is 0 Å². The van der Waals surface area contributed by atoms with Gasteiger partial charge in [-0.25, -0.2) is 4.39 Å². The standard InChI is InChI=1S/C21H23FN2O2/c1-14-3-4-17(13-15(14)2)20(25)23-19-9-11-24(12-10-19)21(26)16-5-7-18(22)8-6-16/h3-8,13,19H,9-12H2,1-2H3,(H,23,25). The summed E-state index contributed by atoms with van der Waals surface area (Å²) in [7, 11) is 0. The summed E-state index contributed by atoms with van der Waals surface area (Å²) in [6.45, 7) is 5.17. The van der Waals surface area contributed by atoms with Crippen molar-refractivity contribution >= 4 is 11.8 Å². The van der Waals surface area contributed by atoms with Gasteiger partial charge in [-0.05, 0) is 74.2 Å². The van der Waals surface area contributed by atoms with Crippen molar-refractivity contribution in [2.24, 2.45) is 0 Å². The van der Waals surface area contributed by atoms with Crippen LogP contribution < -0.4 is 5.32 Å². The molecule has 2 aromatic rings. The molecule has 5 heteroatoms. The van der Waals surface area contributed by atoms with E-state index in [0.717, 1.165) is 11.1 Å². The summed E-state index contributed by atoms with van der Waals surface area (Å²) < 4.78 is 13.0. The number of likely N-dealkylation sites (tertiary alicyclic amines) is 1. The van der Waals surface area contributed by atoms with Crippen LogP contribution in [0.3, 0.4) is 0 Å². The molecule has 0 spiro atoms. The molecule has 3 rings (SSSR count). The van der Waals surface area contributed by atoms with Gasteiger partial charge in [-0.15, -0.1) is 0 Å².